The zero-order valence-electron chi connectivity index (χ0n) is 10.5. The van der Waals surface area contributed by atoms with Crippen LogP contribution in [-0.4, -0.2) is 31.3 Å². The molecule has 1 aromatic rings. The Hall–Kier alpha value is -1.13. The van der Waals surface area contributed by atoms with Gasteiger partial charge >= 0.3 is 0 Å². The molecule has 0 radical (unpaired) electrons. The molecule has 0 aromatic carbocycles. The molecule has 3 heterocycles. The largest absolute Gasteiger partial charge is 0.378 e. The maximum Gasteiger partial charge on any atom is 0.132 e. The molecule has 0 unspecified atom stereocenters. The maximum atomic E-state index is 5.54. The maximum absolute atomic E-state index is 5.54. The van der Waals surface area contributed by atoms with E-state index in [9.17, 15) is 0 Å². The summed E-state index contributed by atoms with van der Waals surface area (Å²) in [4.78, 5) is 7.08. The first-order valence-electron chi connectivity index (χ1n) is 6.17. The Balaban J connectivity index is 2.02. The van der Waals surface area contributed by atoms with E-state index < -0.39 is 0 Å². The van der Waals surface area contributed by atoms with Crippen LogP contribution in [0.4, 0.5) is 5.82 Å². The third kappa shape index (κ3) is 1.81. The van der Waals surface area contributed by atoms with Gasteiger partial charge in [-0.05, 0) is 25.0 Å². The molecule has 0 aliphatic carbocycles. The van der Waals surface area contributed by atoms with E-state index in [0.29, 0.717) is 0 Å². The van der Waals surface area contributed by atoms with Gasteiger partial charge in [-0.2, -0.15) is 0 Å². The fourth-order valence-corrected chi connectivity index (χ4v) is 2.61. The summed E-state index contributed by atoms with van der Waals surface area (Å²) in [6.45, 7) is 9.17. The molecule has 0 bridgehead atoms. The van der Waals surface area contributed by atoms with Crippen LogP contribution < -0.4 is 4.90 Å². The summed E-state index contributed by atoms with van der Waals surface area (Å²) in [6, 6.07) is 0. The average molecular weight is 234 g/mol. The van der Waals surface area contributed by atoms with Crippen molar-refractivity contribution in [3.05, 3.63) is 22.4 Å². The predicted molar refractivity (Wildman–Crippen MR) is 65.2 cm³/mol. The molecule has 92 valence electrons. The Kier molecular flexibility index (Phi) is 2.76. The summed E-state index contributed by atoms with van der Waals surface area (Å²) in [7, 11) is 0. The highest BCUT2D eigenvalue weighted by Gasteiger charge is 2.23. The lowest BCUT2D eigenvalue weighted by Crippen LogP contribution is -2.37. The van der Waals surface area contributed by atoms with E-state index in [-0.39, 0.29) is 0 Å². The SMILES string of the molecule is Cc1nc(N2CCOCC2)c(C)c2c1COC2. The lowest BCUT2D eigenvalue weighted by molar-refractivity contribution is 0.122. The number of aryl methyl sites for hydroxylation is 1. The molecule has 2 aliphatic rings. The van der Waals surface area contributed by atoms with Crippen LogP contribution in [0.3, 0.4) is 0 Å². The Labute approximate surface area is 102 Å². The van der Waals surface area contributed by atoms with Gasteiger partial charge in [0.25, 0.3) is 0 Å². The van der Waals surface area contributed by atoms with E-state index in [2.05, 4.69) is 18.7 Å². The van der Waals surface area contributed by atoms with Gasteiger partial charge in [0.2, 0.25) is 0 Å². The summed E-state index contributed by atoms with van der Waals surface area (Å²) in [6.07, 6.45) is 0. The van der Waals surface area contributed by atoms with Crippen LogP contribution in [0.1, 0.15) is 22.4 Å². The number of nitrogens with zero attached hydrogens (tertiary/aromatic N) is 2. The molecule has 0 N–H and O–H groups in total. The van der Waals surface area contributed by atoms with Crippen molar-refractivity contribution in [3.63, 3.8) is 0 Å². The molecule has 0 saturated carbocycles. The number of morpholine rings is 1. The normalized spacial score (nSPS) is 19.5. The Morgan fingerprint density at radius 1 is 1.00 bits per heavy atom. The molecular formula is C13H18N2O2. The van der Waals surface area contributed by atoms with E-state index in [1.807, 2.05) is 0 Å². The molecule has 4 heteroatoms. The molecule has 4 nitrogen and oxygen atoms in total. The van der Waals surface area contributed by atoms with Gasteiger partial charge in [0.15, 0.2) is 0 Å². The van der Waals surface area contributed by atoms with Crippen molar-refractivity contribution in [1.29, 1.82) is 0 Å². The summed E-state index contributed by atoms with van der Waals surface area (Å²) in [5.41, 5.74) is 5.04. The Morgan fingerprint density at radius 3 is 2.47 bits per heavy atom. The topological polar surface area (TPSA) is 34.6 Å². The van der Waals surface area contributed by atoms with E-state index in [1.54, 1.807) is 0 Å². The first-order chi connectivity index (χ1) is 8.27. The smallest absolute Gasteiger partial charge is 0.132 e. The highest BCUT2D eigenvalue weighted by molar-refractivity contribution is 5.55. The van der Waals surface area contributed by atoms with Crippen molar-refractivity contribution in [2.45, 2.75) is 27.1 Å². The van der Waals surface area contributed by atoms with E-state index >= 15 is 0 Å². The van der Waals surface area contributed by atoms with Crippen molar-refractivity contribution in [1.82, 2.24) is 4.98 Å². The van der Waals surface area contributed by atoms with Crippen molar-refractivity contribution >= 4 is 5.82 Å². The van der Waals surface area contributed by atoms with Gasteiger partial charge in [-0.15, -0.1) is 0 Å². The number of fused-ring (bicyclic) bond motifs is 1. The van der Waals surface area contributed by atoms with E-state index in [0.717, 1.165) is 51.0 Å². The second-order valence-corrected chi connectivity index (χ2v) is 4.70. The Bertz CT molecular complexity index is 440. The van der Waals surface area contributed by atoms with Crippen LogP contribution in [0.2, 0.25) is 0 Å². The summed E-state index contributed by atoms with van der Waals surface area (Å²) in [5, 5.41) is 0. The van der Waals surface area contributed by atoms with Gasteiger partial charge in [-0.25, -0.2) is 4.98 Å². The van der Waals surface area contributed by atoms with Gasteiger partial charge in [0.1, 0.15) is 5.82 Å². The highest BCUT2D eigenvalue weighted by atomic mass is 16.5. The number of ether oxygens (including phenoxy) is 2. The van der Waals surface area contributed by atoms with Crippen molar-refractivity contribution in [2.24, 2.45) is 0 Å². The molecule has 2 aliphatic heterocycles. The third-order valence-corrected chi connectivity index (χ3v) is 3.67. The van der Waals surface area contributed by atoms with Crippen molar-refractivity contribution in [3.8, 4) is 0 Å². The van der Waals surface area contributed by atoms with Crippen LogP contribution in [-0.2, 0) is 22.7 Å². The second kappa shape index (κ2) is 4.27. The lowest BCUT2D eigenvalue weighted by Gasteiger charge is -2.30. The summed E-state index contributed by atoms with van der Waals surface area (Å²) in [5.74, 6) is 1.12. The second-order valence-electron chi connectivity index (χ2n) is 4.70. The minimum Gasteiger partial charge on any atom is -0.378 e. The van der Waals surface area contributed by atoms with Crippen LogP contribution in [0.5, 0.6) is 0 Å². The molecule has 0 atom stereocenters. The molecule has 3 rings (SSSR count). The van der Waals surface area contributed by atoms with Gasteiger partial charge in [0, 0.05) is 24.3 Å². The number of pyridine rings is 1. The monoisotopic (exact) mass is 234 g/mol. The molecule has 1 aromatic heterocycles. The van der Waals surface area contributed by atoms with Crippen LogP contribution in [0.25, 0.3) is 0 Å². The first-order valence-corrected chi connectivity index (χ1v) is 6.17. The Morgan fingerprint density at radius 2 is 1.71 bits per heavy atom. The third-order valence-electron chi connectivity index (χ3n) is 3.67. The predicted octanol–water partition coefficient (Wildman–Crippen LogP) is 1.57. The lowest BCUT2D eigenvalue weighted by atomic mass is 10.0. The summed E-state index contributed by atoms with van der Waals surface area (Å²) < 4.78 is 10.9. The van der Waals surface area contributed by atoms with Gasteiger partial charge in [0.05, 0.1) is 26.4 Å². The zero-order valence-corrected chi connectivity index (χ0v) is 10.5. The standard InChI is InChI=1S/C13H18N2O2/c1-9-11-7-17-8-12(11)10(2)14-13(9)15-3-5-16-6-4-15/h3-8H2,1-2H3. The molecule has 1 saturated heterocycles. The summed E-state index contributed by atoms with van der Waals surface area (Å²) >= 11 is 0. The fraction of sp³-hybridized carbons (Fsp3) is 0.615. The fourth-order valence-electron chi connectivity index (χ4n) is 2.61. The van der Waals surface area contributed by atoms with Crippen LogP contribution >= 0.6 is 0 Å². The molecular weight excluding hydrogens is 216 g/mol. The van der Waals surface area contributed by atoms with Crippen LogP contribution in [0, 0.1) is 13.8 Å². The molecule has 0 spiro atoms. The number of hydrogen-bond acceptors (Lipinski definition) is 4. The first kappa shape index (κ1) is 11.0. The number of hydrogen-bond donors (Lipinski definition) is 0. The molecule has 0 amide bonds. The molecule has 1 fully saturated rings. The number of anilines is 1. The van der Waals surface area contributed by atoms with Gasteiger partial charge in [-0.3, -0.25) is 0 Å². The molecule has 17 heavy (non-hydrogen) atoms. The number of rotatable bonds is 1. The number of aromatic nitrogens is 1. The van der Waals surface area contributed by atoms with Gasteiger partial charge < -0.3 is 14.4 Å². The van der Waals surface area contributed by atoms with E-state index in [4.69, 9.17) is 14.5 Å². The minimum atomic E-state index is 0.721. The zero-order chi connectivity index (χ0) is 11.8. The minimum absolute atomic E-state index is 0.721. The quantitative estimate of drug-likeness (QED) is 0.738. The van der Waals surface area contributed by atoms with E-state index in [1.165, 1.54) is 16.7 Å². The van der Waals surface area contributed by atoms with Crippen LogP contribution in [0.15, 0.2) is 0 Å². The van der Waals surface area contributed by atoms with Crippen molar-refractivity contribution < 1.29 is 9.47 Å². The highest BCUT2D eigenvalue weighted by Crippen LogP contribution is 2.31. The average Bonchev–Trinajstić information content (AvgIpc) is 2.85. The van der Waals surface area contributed by atoms with Crippen molar-refractivity contribution in [2.75, 3.05) is 31.2 Å². The van der Waals surface area contributed by atoms with Gasteiger partial charge in [-0.1, -0.05) is 0 Å².